The molecule has 0 heterocycles. The quantitative estimate of drug-likeness (QED) is 0.360. The highest BCUT2D eigenvalue weighted by atomic mass is 16.5. The zero-order valence-electron chi connectivity index (χ0n) is 4.23. The second-order valence-electron chi connectivity index (χ2n) is 1.13. The highest BCUT2D eigenvalue weighted by molar-refractivity contribution is 5.67. The molecule has 0 saturated carbocycles. The van der Waals surface area contributed by atoms with Gasteiger partial charge in [0, 0.05) is 13.8 Å². The van der Waals surface area contributed by atoms with Gasteiger partial charge in [-0.15, -0.1) is 0 Å². The average molecular weight is 99.1 g/mol. The van der Waals surface area contributed by atoms with E-state index < -0.39 is 0 Å². The zero-order valence-corrected chi connectivity index (χ0v) is 4.23. The van der Waals surface area contributed by atoms with E-state index in [9.17, 15) is 4.79 Å². The minimum atomic E-state index is -0.375. The first kappa shape index (κ1) is 6.21. The molecule has 0 saturated heterocycles. The summed E-state index contributed by atoms with van der Waals surface area (Å²) < 4.78 is 4.31. The minimum absolute atomic E-state index is 0.188. The number of esters is 1. The summed E-state index contributed by atoms with van der Waals surface area (Å²) in [7, 11) is 0. The Bertz CT molecular complexity index is 82.3. The molecule has 2 heteroatoms. The summed E-state index contributed by atoms with van der Waals surface area (Å²) in [6.45, 7) is 7.78. The van der Waals surface area contributed by atoms with Crippen LogP contribution in [0.3, 0.4) is 0 Å². The highest BCUT2D eigenvalue weighted by Gasteiger charge is 1.87. The van der Waals surface area contributed by atoms with E-state index in [-0.39, 0.29) is 11.7 Å². The van der Waals surface area contributed by atoms with Crippen LogP contribution in [0, 0.1) is 6.92 Å². The molecule has 0 rings (SSSR count). The fourth-order valence-corrected chi connectivity index (χ4v) is 0.203. The molecular weight excluding hydrogens is 92.1 g/mol. The SMILES string of the molecule is [CH2]C(=C)OC(C)=O. The maximum Gasteiger partial charge on any atom is 0.307 e. The normalized spacial score (nSPS) is 7.71. The molecule has 0 spiro atoms. The van der Waals surface area contributed by atoms with Crippen molar-refractivity contribution in [3.05, 3.63) is 19.3 Å². The van der Waals surface area contributed by atoms with Crippen LogP contribution >= 0.6 is 0 Å². The van der Waals surface area contributed by atoms with Crippen molar-refractivity contribution in [1.29, 1.82) is 0 Å². The number of allylic oxidation sites excluding steroid dienone is 1. The maximum atomic E-state index is 9.93. The Labute approximate surface area is 42.8 Å². The first-order valence-corrected chi connectivity index (χ1v) is 1.82. The number of ether oxygens (including phenoxy) is 1. The van der Waals surface area contributed by atoms with Gasteiger partial charge in [-0.1, -0.05) is 6.58 Å². The Balaban J connectivity index is 3.32. The van der Waals surface area contributed by atoms with Gasteiger partial charge in [0.05, 0.1) is 0 Å². The van der Waals surface area contributed by atoms with Crippen LogP contribution in [0.4, 0.5) is 0 Å². The van der Waals surface area contributed by atoms with E-state index in [0.717, 1.165) is 0 Å². The van der Waals surface area contributed by atoms with E-state index in [4.69, 9.17) is 0 Å². The van der Waals surface area contributed by atoms with Crippen molar-refractivity contribution in [2.24, 2.45) is 0 Å². The highest BCUT2D eigenvalue weighted by Crippen LogP contribution is 1.87. The van der Waals surface area contributed by atoms with E-state index in [0.29, 0.717) is 0 Å². The standard InChI is InChI=1S/C5H7O2/c1-4(2)7-5(3)6/h1-2H2,3H3. The topological polar surface area (TPSA) is 26.3 Å². The van der Waals surface area contributed by atoms with Crippen LogP contribution in [0.2, 0.25) is 0 Å². The summed E-state index contributed by atoms with van der Waals surface area (Å²) in [6.07, 6.45) is 0. The minimum Gasteiger partial charge on any atom is -0.432 e. The van der Waals surface area contributed by atoms with E-state index in [1.807, 2.05) is 0 Å². The lowest BCUT2D eigenvalue weighted by molar-refractivity contribution is -0.136. The van der Waals surface area contributed by atoms with Crippen LogP contribution in [0.15, 0.2) is 12.3 Å². The second kappa shape index (κ2) is 2.39. The molecule has 0 aliphatic rings. The summed E-state index contributed by atoms with van der Waals surface area (Å²) in [5, 5.41) is 0. The Morgan fingerprint density at radius 1 is 1.71 bits per heavy atom. The monoisotopic (exact) mass is 99.0 g/mol. The van der Waals surface area contributed by atoms with Crippen molar-refractivity contribution in [3.63, 3.8) is 0 Å². The van der Waals surface area contributed by atoms with Crippen LogP contribution in [-0.4, -0.2) is 5.97 Å². The molecule has 0 fully saturated rings. The van der Waals surface area contributed by atoms with Crippen molar-refractivity contribution >= 4 is 5.97 Å². The van der Waals surface area contributed by atoms with E-state index in [1.165, 1.54) is 6.92 Å². The maximum absolute atomic E-state index is 9.93. The van der Waals surface area contributed by atoms with Crippen molar-refractivity contribution in [3.8, 4) is 0 Å². The number of hydrogen-bond acceptors (Lipinski definition) is 2. The molecule has 0 aromatic heterocycles. The van der Waals surface area contributed by atoms with Crippen molar-refractivity contribution < 1.29 is 9.53 Å². The van der Waals surface area contributed by atoms with Gasteiger partial charge in [0.25, 0.3) is 0 Å². The number of rotatable bonds is 1. The molecule has 0 unspecified atom stereocenters. The lowest BCUT2D eigenvalue weighted by Gasteiger charge is -1.93. The molecule has 0 bridgehead atoms. The van der Waals surface area contributed by atoms with Crippen LogP contribution in [0.25, 0.3) is 0 Å². The Morgan fingerprint density at radius 2 is 2.14 bits per heavy atom. The molecule has 1 radical (unpaired) electrons. The lowest BCUT2D eigenvalue weighted by atomic mass is 10.6. The first-order valence-electron chi connectivity index (χ1n) is 1.82. The molecule has 0 aliphatic carbocycles. The number of carbonyl (C=O) groups excluding carboxylic acids is 1. The Morgan fingerprint density at radius 3 is 2.14 bits per heavy atom. The van der Waals surface area contributed by atoms with Gasteiger partial charge >= 0.3 is 5.97 Å². The van der Waals surface area contributed by atoms with Gasteiger partial charge < -0.3 is 4.74 Å². The van der Waals surface area contributed by atoms with Gasteiger partial charge in [0.2, 0.25) is 0 Å². The Kier molecular flexibility index (Phi) is 2.12. The smallest absolute Gasteiger partial charge is 0.307 e. The second-order valence-corrected chi connectivity index (χ2v) is 1.13. The van der Waals surface area contributed by atoms with Crippen LogP contribution in [0.1, 0.15) is 6.92 Å². The molecule has 7 heavy (non-hydrogen) atoms. The lowest BCUT2D eigenvalue weighted by Crippen LogP contribution is -1.93. The van der Waals surface area contributed by atoms with Crippen molar-refractivity contribution in [2.75, 3.05) is 0 Å². The van der Waals surface area contributed by atoms with Gasteiger partial charge in [0.15, 0.2) is 0 Å². The van der Waals surface area contributed by atoms with Crippen LogP contribution in [0.5, 0.6) is 0 Å². The zero-order chi connectivity index (χ0) is 5.86. The third-order valence-electron chi connectivity index (χ3n) is 0.288. The molecule has 0 aromatic rings. The molecular formula is C5H7O2. The van der Waals surface area contributed by atoms with E-state index in [2.05, 4.69) is 18.2 Å². The van der Waals surface area contributed by atoms with E-state index in [1.54, 1.807) is 0 Å². The van der Waals surface area contributed by atoms with Gasteiger partial charge in [-0.05, 0) is 0 Å². The summed E-state index contributed by atoms with van der Waals surface area (Å²) in [6, 6.07) is 0. The molecule has 0 N–H and O–H groups in total. The molecule has 0 aromatic carbocycles. The van der Waals surface area contributed by atoms with Crippen LogP contribution in [-0.2, 0) is 9.53 Å². The molecule has 2 nitrogen and oxygen atoms in total. The summed E-state index contributed by atoms with van der Waals surface area (Å²) in [4.78, 5) is 9.93. The fraction of sp³-hybridized carbons (Fsp3) is 0.200. The summed E-state index contributed by atoms with van der Waals surface area (Å²) >= 11 is 0. The van der Waals surface area contributed by atoms with Crippen molar-refractivity contribution in [1.82, 2.24) is 0 Å². The van der Waals surface area contributed by atoms with E-state index >= 15 is 0 Å². The predicted octanol–water partition coefficient (Wildman–Crippen LogP) is 0.897. The molecule has 0 aliphatic heterocycles. The molecule has 0 atom stereocenters. The van der Waals surface area contributed by atoms with Gasteiger partial charge in [-0.3, -0.25) is 4.79 Å². The molecule has 39 valence electrons. The van der Waals surface area contributed by atoms with Gasteiger partial charge in [-0.25, -0.2) is 0 Å². The van der Waals surface area contributed by atoms with Gasteiger partial charge in [-0.2, -0.15) is 0 Å². The van der Waals surface area contributed by atoms with Crippen molar-refractivity contribution in [2.45, 2.75) is 6.92 Å². The Hall–Kier alpha value is -0.790. The molecule has 0 amide bonds. The number of hydrogen-bond donors (Lipinski definition) is 0. The van der Waals surface area contributed by atoms with Crippen LogP contribution < -0.4 is 0 Å². The summed E-state index contributed by atoms with van der Waals surface area (Å²) in [5.41, 5.74) is 0. The predicted molar refractivity (Wildman–Crippen MR) is 26.3 cm³/mol. The third-order valence-corrected chi connectivity index (χ3v) is 0.288. The number of carbonyl (C=O) groups is 1. The third kappa shape index (κ3) is 5.21. The first-order chi connectivity index (χ1) is 3.13. The fourth-order valence-electron chi connectivity index (χ4n) is 0.203. The summed E-state index contributed by atoms with van der Waals surface area (Å²) in [5.74, 6) is -0.187. The largest absolute Gasteiger partial charge is 0.432 e. The average Bonchev–Trinajstić information content (AvgIpc) is 1.27. The van der Waals surface area contributed by atoms with Gasteiger partial charge in [0.1, 0.15) is 5.76 Å².